The van der Waals surface area contributed by atoms with Gasteiger partial charge in [-0.05, 0) is 57.0 Å². The van der Waals surface area contributed by atoms with E-state index in [0.717, 1.165) is 11.3 Å². The second-order valence-corrected chi connectivity index (χ2v) is 13.1. The molecule has 5 aromatic rings. The Labute approximate surface area is 281 Å². The average Bonchev–Trinajstić information content (AvgIpc) is 3.61. The lowest BCUT2D eigenvalue weighted by atomic mass is 10.0. The molecule has 48 heavy (non-hydrogen) atoms. The highest BCUT2D eigenvalue weighted by Crippen LogP contribution is 2.43. The number of alkyl carbamates (subject to hydrolysis) is 1. The number of thiophene rings is 1. The average molecular weight is 703 g/mol. The molecule has 16 heteroatoms. The van der Waals surface area contributed by atoms with Crippen LogP contribution in [-0.4, -0.2) is 54.7 Å². The van der Waals surface area contributed by atoms with Crippen molar-refractivity contribution in [1.29, 1.82) is 0 Å². The Morgan fingerprint density at radius 1 is 1.10 bits per heavy atom. The van der Waals surface area contributed by atoms with Gasteiger partial charge in [-0.2, -0.15) is 23.3 Å². The maximum absolute atomic E-state index is 14.7. The summed E-state index contributed by atoms with van der Waals surface area (Å²) < 4.78 is 56.3. The van der Waals surface area contributed by atoms with E-state index in [9.17, 15) is 27.9 Å². The van der Waals surface area contributed by atoms with E-state index >= 15 is 0 Å². The number of nitrogen functional groups attached to an aromatic ring is 1. The number of nitrogens with two attached hydrogens (primary N) is 1. The molecular formula is C32H30ClF3N6O5S. The Morgan fingerprint density at radius 3 is 2.42 bits per heavy atom. The molecule has 252 valence electrons. The summed E-state index contributed by atoms with van der Waals surface area (Å²) in [6.45, 7) is 6.70. The van der Waals surface area contributed by atoms with Gasteiger partial charge in [0.25, 0.3) is 0 Å². The van der Waals surface area contributed by atoms with Gasteiger partial charge < -0.3 is 25.6 Å². The molecule has 0 saturated carbocycles. The molecule has 0 saturated heterocycles. The SMILES string of the molecule is Cc1ccn(-c2cc(Cl)ccc2[C@@H](Oc2nc(N)nc3c(-c4ccc(CC(NC(=O)OC(C)(C)C)C(=O)O)cc4)csc23)C(F)(F)F)n1. The smallest absolute Gasteiger partial charge is 0.429 e. The van der Waals surface area contributed by atoms with Crippen molar-refractivity contribution < 1.29 is 37.3 Å². The zero-order valence-corrected chi connectivity index (χ0v) is 27.6. The first-order valence-electron chi connectivity index (χ1n) is 14.4. The maximum atomic E-state index is 14.7. The summed E-state index contributed by atoms with van der Waals surface area (Å²) in [5, 5.41) is 18.1. The summed E-state index contributed by atoms with van der Waals surface area (Å²) in [5.41, 5.74) is 7.64. The minimum absolute atomic E-state index is 0.0318. The quantitative estimate of drug-likeness (QED) is 0.144. The van der Waals surface area contributed by atoms with Crippen LogP contribution in [0.15, 0.2) is 60.1 Å². The maximum Gasteiger partial charge on any atom is 0.429 e. The summed E-state index contributed by atoms with van der Waals surface area (Å²) in [6, 6.07) is 11.1. The summed E-state index contributed by atoms with van der Waals surface area (Å²) in [5.74, 6) is -1.90. The van der Waals surface area contributed by atoms with Crippen molar-refractivity contribution in [2.24, 2.45) is 0 Å². The van der Waals surface area contributed by atoms with Crippen LogP contribution in [0.25, 0.3) is 27.0 Å². The number of aliphatic carboxylic acids is 1. The van der Waals surface area contributed by atoms with Gasteiger partial charge in [-0.15, -0.1) is 11.3 Å². The molecule has 2 atom stereocenters. The summed E-state index contributed by atoms with van der Waals surface area (Å²) in [7, 11) is 0. The first-order valence-corrected chi connectivity index (χ1v) is 15.7. The number of aromatic nitrogens is 4. The molecule has 1 unspecified atom stereocenters. The fraction of sp³-hybridized carbons (Fsp3) is 0.281. The second-order valence-electron chi connectivity index (χ2n) is 11.8. The third kappa shape index (κ3) is 7.97. The normalized spacial score (nSPS) is 13.2. The van der Waals surface area contributed by atoms with E-state index in [0.29, 0.717) is 22.4 Å². The van der Waals surface area contributed by atoms with Gasteiger partial charge in [0.1, 0.15) is 16.3 Å². The van der Waals surface area contributed by atoms with Crippen molar-refractivity contribution in [1.82, 2.24) is 25.1 Å². The molecule has 3 aromatic heterocycles. The van der Waals surface area contributed by atoms with Gasteiger partial charge in [-0.25, -0.2) is 19.3 Å². The Balaban J connectivity index is 1.45. The first-order chi connectivity index (χ1) is 22.5. The number of anilines is 1. The number of hydrogen-bond donors (Lipinski definition) is 3. The summed E-state index contributed by atoms with van der Waals surface area (Å²) in [4.78, 5) is 32.3. The number of ether oxygens (including phenoxy) is 2. The van der Waals surface area contributed by atoms with Crippen LogP contribution in [0.5, 0.6) is 5.88 Å². The minimum atomic E-state index is -4.88. The van der Waals surface area contributed by atoms with Crippen LogP contribution < -0.4 is 15.8 Å². The topological polar surface area (TPSA) is 154 Å². The van der Waals surface area contributed by atoms with E-state index in [-0.39, 0.29) is 44.7 Å². The third-order valence-electron chi connectivity index (χ3n) is 6.87. The summed E-state index contributed by atoms with van der Waals surface area (Å²) in [6.07, 6.45) is -6.71. The lowest BCUT2D eigenvalue weighted by molar-refractivity contribution is -0.198. The van der Waals surface area contributed by atoms with Gasteiger partial charge in [-0.1, -0.05) is 41.9 Å². The van der Waals surface area contributed by atoms with Gasteiger partial charge in [-0.3, -0.25) is 0 Å². The number of carbonyl (C=O) groups excluding carboxylic acids is 1. The molecule has 3 heterocycles. The molecule has 11 nitrogen and oxygen atoms in total. The Kier molecular flexibility index (Phi) is 9.55. The highest BCUT2D eigenvalue weighted by Gasteiger charge is 2.45. The van der Waals surface area contributed by atoms with Gasteiger partial charge in [0.05, 0.1) is 16.9 Å². The predicted molar refractivity (Wildman–Crippen MR) is 174 cm³/mol. The fourth-order valence-electron chi connectivity index (χ4n) is 4.80. The highest BCUT2D eigenvalue weighted by molar-refractivity contribution is 7.18. The standard InChI is InChI=1S/C32H30ClF3N6O5S/c1-16-11-12-42(41-16)23-14-19(33)9-10-20(23)26(32(34,35)36)46-27-25-24(39-29(37)40-27)21(15-48-25)18-7-5-17(6-8-18)13-22(28(43)44)38-30(45)47-31(2,3)4/h5-12,14-15,22,26H,13H2,1-4H3,(H,38,45)(H,43,44)(H2,37,39,40)/t22?,26-/m1/s1. The van der Waals surface area contributed by atoms with Crippen LogP contribution >= 0.6 is 22.9 Å². The molecular weight excluding hydrogens is 673 g/mol. The van der Waals surface area contributed by atoms with Crippen molar-refractivity contribution in [2.75, 3.05) is 5.73 Å². The van der Waals surface area contributed by atoms with E-state index in [2.05, 4.69) is 20.4 Å². The lowest BCUT2D eigenvalue weighted by Gasteiger charge is -2.24. The molecule has 5 rings (SSSR count). The molecule has 0 radical (unpaired) electrons. The highest BCUT2D eigenvalue weighted by atomic mass is 35.5. The number of halogens is 4. The van der Waals surface area contributed by atoms with Gasteiger partial charge in [0.2, 0.25) is 17.9 Å². The second kappa shape index (κ2) is 13.3. The largest absolute Gasteiger partial charge is 0.480 e. The number of carbonyl (C=O) groups is 2. The fourth-order valence-corrected chi connectivity index (χ4v) is 5.92. The van der Waals surface area contributed by atoms with Crippen LogP contribution in [-0.2, 0) is 16.0 Å². The third-order valence-corrected chi connectivity index (χ3v) is 8.06. The molecule has 0 aliphatic rings. The zero-order chi connectivity index (χ0) is 35.0. The molecule has 0 bridgehead atoms. The molecule has 0 aliphatic carbocycles. The van der Waals surface area contributed by atoms with E-state index in [1.807, 2.05) is 0 Å². The number of carboxylic acids is 1. The number of rotatable bonds is 9. The Morgan fingerprint density at radius 2 is 1.81 bits per heavy atom. The van der Waals surface area contributed by atoms with Crippen molar-refractivity contribution in [3.8, 4) is 22.7 Å². The number of fused-ring (bicyclic) bond motifs is 1. The molecule has 2 aromatic carbocycles. The molecule has 1 amide bonds. The Bertz CT molecular complexity index is 1970. The number of alkyl halides is 3. The van der Waals surface area contributed by atoms with E-state index in [1.54, 1.807) is 63.4 Å². The van der Waals surface area contributed by atoms with Crippen molar-refractivity contribution >= 4 is 51.2 Å². The lowest BCUT2D eigenvalue weighted by Crippen LogP contribution is -2.44. The Hall–Kier alpha value is -4.89. The monoisotopic (exact) mass is 702 g/mol. The van der Waals surface area contributed by atoms with Crippen molar-refractivity contribution in [2.45, 2.75) is 58.0 Å². The van der Waals surface area contributed by atoms with Crippen LogP contribution in [0.4, 0.5) is 23.9 Å². The molecule has 4 N–H and O–H groups in total. The first kappa shape index (κ1) is 34.4. The number of aryl methyl sites for hydroxylation is 1. The molecule has 0 aliphatic heterocycles. The number of hydrogen-bond acceptors (Lipinski definition) is 9. The van der Waals surface area contributed by atoms with Gasteiger partial charge >= 0.3 is 18.2 Å². The number of nitrogens with one attached hydrogen (secondary N) is 1. The van der Waals surface area contributed by atoms with E-state index in [1.165, 1.54) is 29.1 Å². The van der Waals surface area contributed by atoms with Crippen LogP contribution in [0.2, 0.25) is 5.02 Å². The van der Waals surface area contributed by atoms with E-state index in [4.69, 9.17) is 26.8 Å². The van der Waals surface area contributed by atoms with Gasteiger partial charge in [0, 0.05) is 34.1 Å². The number of amides is 1. The number of nitrogens with zero attached hydrogens (tertiary/aromatic N) is 4. The van der Waals surface area contributed by atoms with E-state index < -0.39 is 36.0 Å². The van der Waals surface area contributed by atoms with Crippen LogP contribution in [0.1, 0.15) is 43.7 Å². The summed E-state index contributed by atoms with van der Waals surface area (Å²) >= 11 is 7.23. The molecule has 0 spiro atoms. The number of benzene rings is 2. The van der Waals surface area contributed by atoms with Gasteiger partial charge in [0.15, 0.2) is 0 Å². The zero-order valence-electron chi connectivity index (χ0n) is 26.0. The van der Waals surface area contributed by atoms with Crippen LogP contribution in [0.3, 0.4) is 0 Å². The predicted octanol–water partition coefficient (Wildman–Crippen LogP) is 7.29. The number of carboxylic acid groups (broad SMARTS) is 1. The van der Waals surface area contributed by atoms with Crippen molar-refractivity contribution in [3.05, 3.63) is 82.0 Å². The molecule has 0 fully saturated rings. The van der Waals surface area contributed by atoms with Crippen molar-refractivity contribution in [3.63, 3.8) is 0 Å². The minimum Gasteiger partial charge on any atom is -0.480 e. The van der Waals surface area contributed by atoms with Crippen LogP contribution in [0, 0.1) is 6.92 Å².